The van der Waals surface area contributed by atoms with Gasteiger partial charge in [-0.25, -0.2) is 0 Å². The van der Waals surface area contributed by atoms with Crippen molar-refractivity contribution < 1.29 is 23.7 Å². The monoisotopic (exact) mass is 442 g/mol. The smallest absolute Gasteiger partial charge is 0.317 e. The van der Waals surface area contributed by atoms with E-state index in [4.69, 9.17) is 31.2 Å². The summed E-state index contributed by atoms with van der Waals surface area (Å²) in [6.45, 7) is 6.32. The molecule has 3 atom stereocenters. The number of carbonyl (C=O) groups excluding carboxylic acids is 1. The molecule has 0 aliphatic carbocycles. The third kappa shape index (κ3) is 3.35. The first-order valence-corrected chi connectivity index (χ1v) is 10.7. The number of carbonyl (C=O) groups is 1. The molecule has 0 saturated carbocycles. The van der Waals surface area contributed by atoms with Gasteiger partial charge in [0, 0.05) is 5.56 Å². The standard InChI is InChI=1S/C23H26N2O5S/c1-5-28-17-13-9-10-14-19-18(21(26)29-6-2)23(3,30-20(14)17)25(22(31)24-19)15-11-7-8-12-16(15)27-4/h7-13,18-19H,5-6H2,1-4H3,(H,24,31)/t18-,19-,23-/m0/s1. The molecule has 7 nitrogen and oxygen atoms in total. The van der Waals surface area contributed by atoms with Gasteiger partial charge >= 0.3 is 5.97 Å². The lowest BCUT2D eigenvalue weighted by atomic mass is 9.79. The molecule has 31 heavy (non-hydrogen) atoms. The summed E-state index contributed by atoms with van der Waals surface area (Å²) in [5.74, 6) is 0.771. The molecule has 164 valence electrons. The van der Waals surface area contributed by atoms with Gasteiger partial charge in [0.1, 0.15) is 11.7 Å². The summed E-state index contributed by atoms with van der Waals surface area (Å²) in [4.78, 5) is 15.0. The van der Waals surface area contributed by atoms with Crippen molar-refractivity contribution in [3.05, 3.63) is 48.0 Å². The highest BCUT2D eigenvalue weighted by Gasteiger charge is 2.60. The van der Waals surface area contributed by atoms with Gasteiger partial charge in [-0.15, -0.1) is 0 Å². The average Bonchev–Trinajstić information content (AvgIpc) is 2.74. The fraction of sp³-hybridized carbons (Fsp3) is 0.391. The van der Waals surface area contributed by atoms with Crippen LogP contribution in [0.1, 0.15) is 32.4 Å². The van der Waals surface area contributed by atoms with Gasteiger partial charge in [-0.05, 0) is 51.2 Å². The number of fused-ring (bicyclic) bond motifs is 4. The van der Waals surface area contributed by atoms with Crippen molar-refractivity contribution in [2.45, 2.75) is 32.5 Å². The van der Waals surface area contributed by atoms with Crippen molar-refractivity contribution in [1.82, 2.24) is 5.32 Å². The van der Waals surface area contributed by atoms with Crippen LogP contribution in [0, 0.1) is 5.92 Å². The van der Waals surface area contributed by atoms with Crippen LogP contribution in [0.3, 0.4) is 0 Å². The van der Waals surface area contributed by atoms with Crippen LogP contribution in [0.15, 0.2) is 42.5 Å². The molecule has 2 aromatic carbocycles. The van der Waals surface area contributed by atoms with Crippen LogP contribution in [0.5, 0.6) is 17.2 Å². The molecule has 0 amide bonds. The summed E-state index contributed by atoms with van der Waals surface area (Å²) >= 11 is 5.76. The van der Waals surface area contributed by atoms with Crippen LogP contribution in [0.2, 0.25) is 0 Å². The first kappa shape index (κ1) is 21.2. The lowest BCUT2D eigenvalue weighted by Crippen LogP contribution is -2.71. The molecule has 1 saturated heterocycles. The second-order valence-corrected chi connectivity index (χ2v) is 7.82. The third-order valence-electron chi connectivity index (χ3n) is 5.66. The molecule has 1 N–H and O–H groups in total. The van der Waals surface area contributed by atoms with Gasteiger partial charge in [-0.1, -0.05) is 24.3 Å². The minimum absolute atomic E-state index is 0.267. The number of benzene rings is 2. The predicted molar refractivity (Wildman–Crippen MR) is 121 cm³/mol. The number of rotatable bonds is 6. The molecule has 0 unspecified atom stereocenters. The minimum atomic E-state index is -1.17. The van der Waals surface area contributed by atoms with Crippen molar-refractivity contribution in [2.75, 3.05) is 25.2 Å². The zero-order chi connectivity index (χ0) is 22.2. The van der Waals surface area contributed by atoms with E-state index >= 15 is 0 Å². The Morgan fingerprint density at radius 3 is 2.61 bits per heavy atom. The Hall–Kier alpha value is -3.00. The van der Waals surface area contributed by atoms with Crippen molar-refractivity contribution >= 4 is 29.0 Å². The molecule has 0 aromatic heterocycles. The van der Waals surface area contributed by atoms with E-state index in [-0.39, 0.29) is 12.6 Å². The maximum absolute atomic E-state index is 13.2. The number of hydrogen-bond donors (Lipinski definition) is 1. The van der Waals surface area contributed by atoms with Gasteiger partial charge in [-0.3, -0.25) is 9.69 Å². The summed E-state index contributed by atoms with van der Waals surface area (Å²) in [6, 6.07) is 12.7. The van der Waals surface area contributed by atoms with Crippen molar-refractivity contribution in [2.24, 2.45) is 5.92 Å². The number of anilines is 1. The van der Waals surface area contributed by atoms with Gasteiger partial charge in [0.2, 0.25) is 5.72 Å². The number of nitrogens with zero attached hydrogens (tertiary/aromatic N) is 1. The summed E-state index contributed by atoms with van der Waals surface area (Å²) < 4.78 is 23.5. The summed E-state index contributed by atoms with van der Waals surface area (Å²) in [5, 5.41) is 3.79. The second kappa shape index (κ2) is 8.26. The van der Waals surface area contributed by atoms with Gasteiger partial charge in [0.25, 0.3) is 0 Å². The summed E-state index contributed by atoms with van der Waals surface area (Å²) in [6.07, 6.45) is 0. The Balaban J connectivity index is 1.93. The van der Waals surface area contributed by atoms with Gasteiger partial charge in [0.05, 0.1) is 32.1 Å². The lowest BCUT2D eigenvalue weighted by molar-refractivity contribution is -0.159. The quantitative estimate of drug-likeness (QED) is 0.535. The molecule has 4 rings (SSSR count). The van der Waals surface area contributed by atoms with Gasteiger partial charge in [-0.2, -0.15) is 0 Å². The van der Waals surface area contributed by atoms with Crippen LogP contribution in [-0.4, -0.2) is 37.1 Å². The maximum Gasteiger partial charge on any atom is 0.317 e. The van der Waals surface area contributed by atoms with Gasteiger partial charge < -0.3 is 24.3 Å². The number of nitrogens with one attached hydrogen (secondary N) is 1. The van der Waals surface area contributed by atoms with E-state index in [9.17, 15) is 4.79 Å². The Morgan fingerprint density at radius 2 is 1.90 bits per heavy atom. The van der Waals surface area contributed by atoms with Crippen LogP contribution in [0.25, 0.3) is 0 Å². The van der Waals surface area contributed by atoms with Crippen molar-refractivity contribution in [1.29, 1.82) is 0 Å². The van der Waals surface area contributed by atoms with Gasteiger partial charge in [0.15, 0.2) is 16.6 Å². The highest BCUT2D eigenvalue weighted by Crippen LogP contribution is 2.53. The normalized spacial score (nSPS) is 23.9. The Labute approximate surface area is 187 Å². The first-order chi connectivity index (χ1) is 15.0. The summed E-state index contributed by atoms with van der Waals surface area (Å²) in [5.41, 5.74) is 0.326. The van der Waals surface area contributed by atoms with E-state index < -0.39 is 17.7 Å². The van der Waals surface area contributed by atoms with E-state index in [0.29, 0.717) is 34.7 Å². The SMILES string of the molecule is CCOC(=O)[C@@H]1[C@H]2NC(=S)N(c3ccccc3OC)[C@@]1(C)Oc1c(OCC)cccc12. The highest BCUT2D eigenvalue weighted by molar-refractivity contribution is 7.80. The zero-order valence-corrected chi connectivity index (χ0v) is 18.8. The predicted octanol–water partition coefficient (Wildman–Crippen LogP) is 3.82. The molecule has 0 radical (unpaired) electrons. The van der Waals surface area contributed by atoms with E-state index in [1.807, 2.05) is 56.3 Å². The van der Waals surface area contributed by atoms with E-state index in [1.165, 1.54) is 0 Å². The number of methoxy groups -OCH3 is 1. The number of ether oxygens (including phenoxy) is 4. The number of thiocarbonyl (C=S) groups is 1. The molecule has 2 aliphatic heterocycles. The molecule has 1 fully saturated rings. The number of para-hydroxylation sites is 3. The fourth-order valence-electron chi connectivity index (χ4n) is 4.41. The van der Waals surface area contributed by atoms with Crippen LogP contribution >= 0.6 is 12.2 Å². The average molecular weight is 443 g/mol. The number of hydrogen-bond acceptors (Lipinski definition) is 6. The lowest BCUT2D eigenvalue weighted by Gasteiger charge is -2.55. The van der Waals surface area contributed by atoms with Crippen molar-refractivity contribution in [3.8, 4) is 17.2 Å². The number of esters is 1. The van der Waals surface area contributed by atoms with Crippen LogP contribution in [-0.2, 0) is 9.53 Å². The first-order valence-electron chi connectivity index (χ1n) is 10.3. The Kier molecular flexibility index (Phi) is 5.66. The van der Waals surface area contributed by atoms with E-state index in [2.05, 4.69) is 5.32 Å². The fourth-order valence-corrected chi connectivity index (χ4v) is 4.82. The Morgan fingerprint density at radius 1 is 1.16 bits per heavy atom. The topological polar surface area (TPSA) is 69.3 Å². The van der Waals surface area contributed by atoms with Crippen LogP contribution < -0.4 is 24.4 Å². The molecule has 2 bridgehead atoms. The molecule has 0 spiro atoms. The van der Waals surface area contributed by atoms with E-state index in [0.717, 1.165) is 5.56 Å². The zero-order valence-electron chi connectivity index (χ0n) is 18.0. The highest BCUT2D eigenvalue weighted by atomic mass is 32.1. The van der Waals surface area contributed by atoms with Crippen molar-refractivity contribution in [3.63, 3.8) is 0 Å². The molecule has 2 aliphatic rings. The minimum Gasteiger partial charge on any atom is -0.495 e. The largest absolute Gasteiger partial charge is 0.495 e. The molecular weight excluding hydrogens is 416 g/mol. The molecule has 8 heteroatoms. The molecule has 2 heterocycles. The summed E-state index contributed by atoms with van der Waals surface area (Å²) in [7, 11) is 1.59. The van der Waals surface area contributed by atoms with Crippen LogP contribution in [0.4, 0.5) is 5.69 Å². The molecular formula is C23H26N2O5S. The second-order valence-electron chi connectivity index (χ2n) is 7.43. The molecule has 2 aromatic rings. The maximum atomic E-state index is 13.2. The third-order valence-corrected chi connectivity index (χ3v) is 5.96. The Bertz CT molecular complexity index is 1010. The van der Waals surface area contributed by atoms with E-state index in [1.54, 1.807) is 18.9 Å².